The monoisotopic (exact) mass is 697 g/mol. The third kappa shape index (κ3) is 7.46. The van der Waals surface area contributed by atoms with E-state index in [-0.39, 0.29) is 35.7 Å². The molecule has 0 atom stereocenters. The second kappa shape index (κ2) is 13.4. The molecular weight excluding hydrogens is 663 g/mol. The molecule has 0 unspecified atom stereocenters. The standard InChI is InChI=1S/C34H34F7N3O3S/c1-18-12-23(35)8-11-25(18)29-28(26(17-42)30(48-29)43(4)24-9-6-19(7-10-24)13-27(45)46)44(5)31(47)32(2,3)20-14-21(33(36,37)38)16-22(15-20)34(39,40)41/h8,11-12,14-16,19,24H,6-7,9-10,13H2,1-5H3,(H,45,46)/t19-,24+. The molecule has 6 nitrogen and oxygen atoms in total. The van der Waals surface area contributed by atoms with Crippen LogP contribution in [0.4, 0.5) is 41.4 Å². The molecule has 1 amide bonds. The summed E-state index contributed by atoms with van der Waals surface area (Å²) in [5.74, 6) is -2.27. The summed E-state index contributed by atoms with van der Waals surface area (Å²) < 4.78 is 96.4. The molecule has 1 N–H and O–H groups in total. The highest BCUT2D eigenvalue weighted by molar-refractivity contribution is 7.20. The fraction of sp³-hybridized carbons (Fsp3) is 0.441. The lowest BCUT2D eigenvalue weighted by Crippen LogP contribution is -2.42. The van der Waals surface area contributed by atoms with Crippen molar-refractivity contribution in [2.75, 3.05) is 23.9 Å². The first-order valence-corrected chi connectivity index (χ1v) is 15.8. The van der Waals surface area contributed by atoms with Crippen LogP contribution in [0.2, 0.25) is 0 Å². The number of halogens is 7. The number of carboxylic acids is 1. The molecule has 14 heteroatoms. The smallest absolute Gasteiger partial charge is 0.416 e. The van der Waals surface area contributed by atoms with Gasteiger partial charge in [-0.1, -0.05) is 6.07 Å². The molecule has 0 aliphatic heterocycles. The highest BCUT2D eigenvalue weighted by atomic mass is 32.1. The summed E-state index contributed by atoms with van der Waals surface area (Å²) >= 11 is 1.16. The fourth-order valence-electron chi connectivity index (χ4n) is 6.25. The second-order valence-electron chi connectivity index (χ2n) is 12.7. The molecule has 0 spiro atoms. The zero-order valence-electron chi connectivity index (χ0n) is 26.8. The predicted molar refractivity (Wildman–Crippen MR) is 168 cm³/mol. The number of rotatable bonds is 8. The number of hydrogen-bond donors (Lipinski definition) is 1. The van der Waals surface area contributed by atoms with E-state index < -0.39 is 52.2 Å². The summed E-state index contributed by atoms with van der Waals surface area (Å²) in [5.41, 5.74) is -4.49. The second-order valence-corrected chi connectivity index (χ2v) is 13.7. The molecule has 2 aromatic carbocycles. The number of aliphatic carboxylic acids is 1. The van der Waals surface area contributed by atoms with Crippen LogP contribution in [-0.4, -0.2) is 37.1 Å². The largest absolute Gasteiger partial charge is 0.481 e. The van der Waals surface area contributed by atoms with Crippen LogP contribution in [-0.2, 0) is 27.4 Å². The van der Waals surface area contributed by atoms with Gasteiger partial charge in [0.05, 0.1) is 27.1 Å². The molecule has 1 heterocycles. The number of hydrogen-bond acceptors (Lipinski definition) is 5. The van der Waals surface area contributed by atoms with Crippen molar-refractivity contribution in [3.63, 3.8) is 0 Å². The summed E-state index contributed by atoms with van der Waals surface area (Å²) in [7, 11) is 3.07. The molecule has 1 aliphatic carbocycles. The highest BCUT2D eigenvalue weighted by Crippen LogP contribution is 2.50. The number of amides is 1. The van der Waals surface area contributed by atoms with Crippen LogP contribution < -0.4 is 9.80 Å². The van der Waals surface area contributed by atoms with Gasteiger partial charge in [0.2, 0.25) is 5.91 Å². The number of anilines is 2. The molecular formula is C34H34F7N3O3S. The van der Waals surface area contributed by atoms with Crippen LogP contribution in [0.1, 0.15) is 73.8 Å². The number of carbonyl (C=O) groups excluding carboxylic acids is 1. The number of nitrogens with zero attached hydrogens (tertiary/aromatic N) is 3. The van der Waals surface area contributed by atoms with Gasteiger partial charge < -0.3 is 14.9 Å². The Labute approximate surface area is 277 Å². The number of benzene rings is 2. The fourth-order valence-corrected chi connectivity index (χ4v) is 7.66. The van der Waals surface area contributed by atoms with E-state index in [0.29, 0.717) is 58.8 Å². The van der Waals surface area contributed by atoms with Crippen LogP contribution >= 0.6 is 11.3 Å². The molecule has 1 saturated carbocycles. The van der Waals surface area contributed by atoms with Gasteiger partial charge in [0.1, 0.15) is 22.5 Å². The summed E-state index contributed by atoms with van der Waals surface area (Å²) in [6.07, 6.45) is -7.63. The Kier molecular flexibility index (Phi) is 10.3. The van der Waals surface area contributed by atoms with Crippen molar-refractivity contribution in [3.8, 4) is 16.5 Å². The van der Waals surface area contributed by atoms with Crippen molar-refractivity contribution in [2.45, 2.75) is 76.7 Å². The molecule has 1 fully saturated rings. The normalized spacial score (nSPS) is 17.1. The first kappa shape index (κ1) is 36.7. The molecule has 1 aliphatic rings. The maximum atomic E-state index is 14.2. The van der Waals surface area contributed by atoms with E-state index in [2.05, 4.69) is 6.07 Å². The zero-order chi connectivity index (χ0) is 35.9. The van der Waals surface area contributed by atoms with Crippen molar-refractivity contribution >= 4 is 33.9 Å². The van der Waals surface area contributed by atoms with E-state index in [1.54, 1.807) is 14.0 Å². The average Bonchev–Trinajstić information content (AvgIpc) is 3.38. The molecule has 0 radical (unpaired) electrons. The minimum atomic E-state index is -5.12. The van der Waals surface area contributed by atoms with Gasteiger partial charge in [-0.05, 0) is 99.4 Å². The van der Waals surface area contributed by atoms with Crippen LogP contribution in [0.3, 0.4) is 0 Å². The maximum absolute atomic E-state index is 14.2. The summed E-state index contributed by atoms with van der Waals surface area (Å²) in [4.78, 5) is 28.8. The van der Waals surface area contributed by atoms with Crippen LogP contribution in [0, 0.1) is 30.0 Å². The number of thiophene rings is 1. The van der Waals surface area contributed by atoms with Gasteiger partial charge in [0.15, 0.2) is 0 Å². The van der Waals surface area contributed by atoms with Crippen LogP contribution in [0.25, 0.3) is 10.4 Å². The Morgan fingerprint density at radius 3 is 1.96 bits per heavy atom. The number of alkyl halides is 6. The SMILES string of the molecule is Cc1cc(F)ccc1-c1sc(N(C)[C@H]2CC[C@@H](CC(=O)O)CC2)c(C#N)c1N(C)C(=O)C(C)(C)c1cc(C(F)(F)F)cc(C(F)(F)F)c1. The molecule has 0 saturated heterocycles. The number of carbonyl (C=O) groups is 2. The van der Waals surface area contributed by atoms with Gasteiger partial charge >= 0.3 is 18.3 Å². The lowest BCUT2D eigenvalue weighted by Gasteiger charge is -2.35. The zero-order valence-corrected chi connectivity index (χ0v) is 27.6. The van der Waals surface area contributed by atoms with E-state index >= 15 is 0 Å². The van der Waals surface area contributed by atoms with Gasteiger partial charge in [0.25, 0.3) is 0 Å². The van der Waals surface area contributed by atoms with Gasteiger partial charge in [-0.2, -0.15) is 31.6 Å². The summed E-state index contributed by atoms with van der Waals surface area (Å²) in [6.45, 7) is 4.06. The van der Waals surface area contributed by atoms with Crippen LogP contribution in [0.15, 0.2) is 36.4 Å². The number of aryl methyl sites for hydroxylation is 1. The third-order valence-electron chi connectivity index (χ3n) is 9.04. The van der Waals surface area contributed by atoms with Gasteiger partial charge in [0, 0.05) is 26.6 Å². The van der Waals surface area contributed by atoms with Crippen molar-refractivity contribution in [3.05, 3.63) is 70.0 Å². The quantitative estimate of drug-likeness (QED) is 0.238. The summed E-state index contributed by atoms with van der Waals surface area (Å²) in [6, 6.07) is 7.05. The third-order valence-corrected chi connectivity index (χ3v) is 10.3. The Morgan fingerprint density at radius 1 is 0.938 bits per heavy atom. The van der Waals surface area contributed by atoms with Gasteiger partial charge in [-0.15, -0.1) is 11.3 Å². The van der Waals surface area contributed by atoms with Crippen LogP contribution in [0.5, 0.6) is 0 Å². The molecule has 3 aromatic rings. The summed E-state index contributed by atoms with van der Waals surface area (Å²) in [5, 5.41) is 20.1. The van der Waals surface area contributed by atoms with Crippen molar-refractivity contribution in [2.24, 2.45) is 5.92 Å². The van der Waals surface area contributed by atoms with Crippen molar-refractivity contribution < 1.29 is 45.4 Å². The molecule has 4 rings (SSSR count). The lowest BCUT2D eigenvalue weighted by atomic mass is 9.81. The van der Waals surface area contributed by atoms with E-state index in [1.807, 2.05) is 4.90 Å². The Morgan fingerprint density at radius 2 is 1.48 bits per heavy atom. The Balaban J connectivity index is 1.84. The average molecular weight is 698 g/mol. The number of nitriles is 1. The lowest BCUT2D eigenvalue weighted by molar-refractivity contribution is -0.143. The van der Waals surface area contributed by atoms with E-state index in [4.69, 9.17) is 0 Å². The molecule has 48 heavy (non-hydrogen) atoms. The predicted octanol–water partition coefficient (Wildman–Crippen LogP) is 9.18. The number of carboxylic acid groups (broad SMARTS) is 1. The molecule has 258 valence electrons. The van der Waals surface area contributed by atoms with Gasteiger partial charge in [-0.25, -0.2) is 4.39 Å². The topological polar surface area (TPSA) is 84.6 Å². The number of likely N-dealkylation sites (N-methyl/N-ethyl adjacent to an activating group) is 1. The first-order chi connectivity index (χ1) is 22.2. The Hall–Kier alpha value is -4.12. The first-order valence-electron chi connectivity index (χ1n) is 15.0. The van der Waals surface area contributed by atoms with Crippen molar-refractivity contribution in [1.29, 1.82) is 5.26 Å². The van der Waals surface area contributed by atoms with Crippen molar-refractivity contribution in [1.82, 2.24) is 0 Å². The minimum Gasteiger partial charge on any atom is -0.481 e. The van der Waals surface area contributed by atoms with E-state index in [1.165, 1.54) is 39.1 Å². The van der Waals surface area contributed by atoms with E-state index in [9.17, 15) is 50.7 Å². The maximum Gasteiger partial charge on any atom is 0.416 e. The molecule has 1 aromatic heterocycles. The minimum absolute atomic E-state index is 0.00685. The molecule has 0 bridgehead atoms. The Bertz CT molecular complexity index is 1720. The van der Waals surface area contributed by atoms with Gasteiger partial charge in [-0.3, -0.25) is 9.59 Å². The highest BCUT2D eigenvalue weighted by Gasteiger charge is 2.42. The van der Waals surface area contributed by atoms with E-state index in [0.717, 1.165) is 16.2 Å².